The Morgan fingerprint density at radius 3 is 1.15 bits per heavy atom. The van der Waals surface area contributed by atoms with Crippen molar-refractivity contribution in [3.05, 3.63) is 230 Å². The van der Waals surface area contributed by atoms with Crippen LogP contribution in [0.1, 0.15) is 5.56 Å². The van der Waals surface area contributed by atoms with Gasteiger partial charge >= 0.3 is 0 Å². The van der Waals surface area contributed by atoms with Crippen molar-refractivity contribution < 1.29 is 0 Å². The molecule has 0 saturated heterocycles. The van der Waals surface area contributed by atoms with Crippen molar-refractivity contribution >= 4 is 32.3 Å². The maximum absolute atomic E-state index is 10.4. The number of nitrogens with zero attached hydrogens (tertiary/aromatic N) is 7. The van der Waals surface area contributed by atoms with E-state index in [1.165, 1.54) is 0 Å². The Balaban J connectivity index is 0.878. The summed E-state index contributed by atoms with van der Waals surface area (Å²) >= 11 is 0. The first-order valence-electron chi connectivity index (χ1n) is 22.4. The van der Waals surface area contributed by atoms with Crippen molar-refractivity contribution in [3.8, 4) is 96.7 Å². The summed E-state index contributed by atoms with van der Waals surface area (Å²) in [4.78, 5) is 30.0. The zero-order valence-electron chi connectivity index (χ0n) is 36.5. The third kappa shape index (κ3) is 7.58. The fourth-order valence-electron chi connectivity index (χ4n) is 8.94. The van der Waals surface area contributed by atoms with Crippen LogP contribution in [0.5, 0.6) is 0 Å². The van der Waals surface area contributed by atoms with Crippen molar-refractivity contribution in [2.45, 2.75) is 0 Å². The molecule has 10 aromatic carbocycles. The molecule has 2 heterocycles. The van der Waals surface area contributed by atoms with E-state index in [4.69, 9.17) is 29.9 Å². The molecule has 7 nitrogen and oxygen atoms in total. The summed E-state index contributed by atoms with van der Waals surface area (Å²) in [5.74, 6) is 3.62. The molecule has 7 heteroatoms. The van der Waals surface area contributed by atoms with Gasteiger partial charge in [-0.2, -0.15) is 5.26 Å². The second-order valence-electron chi connectivity index (χ2n) is 16.6. The summed E-state index contributed by atoms with van der Waals surface area (Å²) in [5, 5.41) is 16.8. The zero-order valence-corrected chi connectivity index (χ0v) is 36.5. The van der Waals surface area contributed by atoms with Gasteiger partial charge in [0.1, 0.15) is 0 Å². The molecule has 0 fully saturated rings. The van der Waals surface area contributed by atoms with Crippen LogP contribution < -0.4 is 0 Å². The van der Waals surface area contributed by atoms with E-state index in [0.717, 1.165) is 88.0 Å². The number of fused-ring (bicyclic) bond motifs is 3. The molecule has 0 N–H and O–H groups in total. The quantitative estimate of drug-likeness (QED) is 0.150. The predicted molar refractivity (Wildman–Crippen MR) is 274 cm³/mol. The third-order valence-corrected chi connectivity index (χ3v) is 12.4. The number of aromatic nitrogens is 6. The lowest BCUT2D eigenvalue weighted by molar-refractivity contribution is 1.08. The summed E-state index contributed by atoms with van der Waals surface area (Å²) in [6, 6.07) is 78.4. The van der Waals surface area contributed by atoms with E-state index < -0.39 is 0 Å². The first-order valence-corrected chi connectivity index (χ1v) is 22.4. The van der Waals surface area contributed by atoms with E-state index in [1.807, 2.05) is 127 Å². The third-order valence-electron chi connectivity index (χ3n) is 12.4. The van der Waals surface area contributed by atoms with Crippen molar-refractivity contribution in [2.24, 2.45) is 0 Å². The van der Waals surface area contributed by atoms with Crippen LogP contribution in [0.15, 0.2) is 224 Å². The first-order chi connectivity index (χ1) is 33.6. The van der Waals surface area contributed by atoms with E-state index >= 15 is 0 Å². The van der Waals surface area contributed by atoms with E-state index in [2.05, 4.69) is 103 Å². The Hall–Kier alpha value is -9.51. The normalized spacial score (nSPS) is 11.2. The largest absolute Gasteiger partial charge is 0.208 e. The molecule has 0 aliphatic rings. The van der Waals surface area contributed by atoms with Gasteiger partial charge in [-0.3, -0.25) is 0 Å². The van der Waals surface area contributed by atoms with Gasteiger partial charge in [0, 0.05) is 38.9 Å². The monoisotopic (exact) mass is 867 g/mol. The molecule has 0 bridgehead atoms. The predicted octanol–water partition coefficient (Wildman–Crippen LogP) is 14.7. The van der Waals surface area contributed by atoms with Gasteiger partial charge in [-0.05, 0) is 67.2 Å². The highest BCUT2D eigenvalue weighted by Gasteiger charge is 2.17. The molecule has 0 atom stereocenters. The van der Waals surface area contributed by atoms with Gasteiger partial charge < -0.3 is 0 Å². The van der Waals surface area contributed by atoms with Gasteiger partial charge in [-0.1, -0.05) is 206 Å². The molecule has 0 aliphatic carbocycles. The molecule has 0 unspecified atom stereocenters. The Bertz CT molecular complexity index is 3890. The standard InChI is InChI=1S/C61H37N7/c62-38-50-36-48-34-33-47(39-25-29-45(30-26-39)58-63-56(43-15-3-1-4-16-43)65-60(67-58)53-23-11-19-40-13-7-9-21-51(40)53)35-49(48)37-55(50)42-27-31-46(32-28-42)59-64-57(44-17-5-2-6-18-44)66-61(68-59)54-24-12-20-41-14-8-10-22-52(41)54/h1-37H. The van der Waals surface area contributed by atoms with Crippen LogP contribution in [0.3, 0.4) is 0 Å². The topological polar surface area (TPSA) is 101 Å². The smallest absolute Gasteiger partial charge is 0.164 e. The fourth-order valence-corrected chi connectivity index (χ4v) is 8.94. The number of hydrogen-bond acceptors (Lipinski definition) is 7. The van der Waals surface area contributed by atoms with Gasteiger partial charge in [-0.25, -0.2) is 29.9 Å². The molecule has 12 rings (SSSR count). The van der Waals surface area contributed by atoms with Gasteiger partial charge in [0.25, 0.3) is 0 Å². The maximum atomic E-state index is 10.4. The zero-order chi connectivity index (χ0) is 45.4. The highest BCUT2D eigenvalue weighted by atomic mass is 15.0. The second kappa shape index (κ2) is 17.1. The average Bonchev–Trinajstić information content (AvgIpc) is 3.42. The van der Waals surface area contributed by atoms with E-state index in [1.54, 1.807) is 0 Å². The number of rotatable bonds is 8. The highest BCUT2D eigenvalue weighted by Crippen LogP contribution is 2.36. The van der Waals surface area contributed by atoms with Crippen molar-refractivity contribution in [3.63, 3.8) is 0 Å². The van der Waals surface area contributed by atoms with Crippen LogP contribution in [0.4, 0.5) is 0 Å². The van der Waals surface area contributed by atoms with Crippen LogP contribution in [-0.2, 0) is 0 Å². The lowest BCUT2D eigenvalue weighted by Crippen LogP contribution is -2.00. The molecular weight excluding hydrogens is 831 g/mol. The van der Waals surface area contributed by atoms with Gasteiger partial charge in [0.15, 0.2) is 34.9 Å². The lowest BCUT2D eigenvalue weighted by Gasteiger charge is -2.12. The van der Waals surface area contributed by atoms with E-state index in [9.17, 15) is 5.26 Å². The minimum Gasteiger partial charge on any atom is -0.208 e. The number of benzene rings is 10. The van der Waals surface area contributed by atoms with E-state index in [0.29, 0.717) is 40.5 Å². The molecular formula is C61H37N7. The maximum Gasteiger partial charge on any atom is 0.164 e. The fraction of sp³-hybridized carbons (Fsp3) is 0. The Morgan fingerprint density at radius 1 is 0.250 bits per heavy atom. The van der Waals surface area contributed by atoms with Crippen molar-refractivity contribution in [1.29, 1.82) is 5.26 Å². The Morgan fingerprint density at radius 2 is 0.647 bits per heavy atom. The van der Waals surface area contributed by atoms with Crippen LogP contribution in [-0.4, -0.2) is 29.9 Å². The van der Waals surface area contributed by atoms with Gasteiger partial charge in [0.05, 0.1) is 11.6 Å². The Kier molecular flexibility index (Phi) is 10.1. The Labute approximate surface area is 392 Å². The van der Waals surface area contributed by atoms with Crippen LogP contribution in [0, 0.1) is 11.3 Å². The van der Waals surface area contributed by atoms with Crippen molar-refractivity contribution in [1.82, 2.24) is 29.9 Å². The van der Waals surface area contributed by atoms with Crippen LogP contribution >= 0.6 is 0 Å². The van der Waals surface area contributed by atoms with Gasteiger partial charge in [0.2, 0.25) is 0 Å². The number of hydrogen-bond donors (Lipinski definition) is 0. The molecule has 0 spiro atoms. The van der Waals surface area contributed by atoms with Gasteiger partial charge in [-0.15, -0.1) is 0 Å². The molecule has 0 aliphatic heterocycles. The SMILES string of the molecule is N#Cc1cc2ccc(-c3ccc(-c4nc(-c5ccccc5)nc(-c5cccc6ccccc56)n4)cc3)cc2cc1-c1ccc(-c2nc(-c3ccccc3)nc(-c3cccc4ccccc34)n2)cc1. The van der Waals surface area contributed by atoms with Crippen molar-refractivity contribution in [2.75, 3.05) is 0 Å². The molecule has 12 aromatic rings. The molecule has 316 valence electrons. The summed E-state index contributed by atoms with van der Waals surface area (Å²) in [5.41, 5.74) is 9.93. The summed E-state index contributed by atoms with van der Waals surface area (Å²) < 4.78 is 0. The number of nitriles is 1. The molecule has 68 heavy (non-hydrogen) atoms. The highest BCUT2D eigenvalue weighted by molar-refractivity contribution is 5.97. The molecule has 0 amide bonds. The second-order valence-corrected chi connectivity index (χ2v) is 16.6. The van der Waals surface area contributed by atoms with Crippen LogP contribution in [0.25, 0.3) is 123 Å². The average molecular weight is 868 g/mol. The molecule has 0 radical (unpaired) electrons. The molecule has 2 aromatic heterocycles. The summed E-state index contributed by atoms with van der Waals surface area (Å²) in [7, 11) is 0. The minimum absolute atomic E-state index is 0.570. The lowest BCUT2D eigenvalue weighted by atomic mass is 9.93. The minimum atomic E-state index is 0.570. The first kappa shape index (κ1) is 40.0. The summed E-state index contributed by atoms with van der Waals surface area (Å²) in [6.07, 6.45) is 0. The van der Waals surface area contributed by atoms with E-state index in [-0.39, 0.29) is 0 Å². The van der Waals surface area contributed by atoms with Crippen LogP contribution in [0.2, 0.25) is 0 Å². The molecule has 0 saturated carbocycles. The summed E-state index contributed by atoms with van der Waals surface area (Å²) in [6.45, 7) is 0.